The molecule has 184 valence electrons. The van der Waals surface area contributed by atoms with Crippen molar-refractivity contribution >= 4 is 30.0 Å². The number of carboxylic acid groups (broad SMARTS) is 1. The van der Waals surface area contributed by atoms with Gasteiger partial charge in [-0.15, -0.1) is 5.10 Å². The van der Waals surface area contributed by atoms with E-state index in [-0.39, 0.29) is 29.4 Å². The van der Waals surface area contributed by atoms with E-state index >= 15 is 0 Å². The number of aromatic nitrogens is 4. The van der Waals surface area contributed by atoms with Gasteiger partial charge in [-0.25, -0.2) is 9.48 Å². The molecule has 1 saturated carbocycles. The molecule has 1 aliphatic carbocycles. The highest BCUT2D eigenvalue weighted by Crippen LogP contribution is 2.35. The Hall–Kier alpha value is -3.88. The number of rotatable bonds is 7. The maximum Gasteiger partial charge on any atom is 0.511 e. The van der Waals surface area contributed by atoms with Crippen LogP contribution in [0.4, 0.5) is 10.6 Å². The average Bonchev–Trinajstić information content (AvgIpc) is 3.49. The van der Waals surface area contributed by atoms with Crippen LogP contribution in [-0.4, -0.2) is 43.2 Å². The first-order valence-corrected chi connectivity index (χ1v) is 11.9. The van der Waals surface area contributed by atoms with Gasteiger partial charge in [0.25, 0.3) is 0 Å². The highest BCUT2D eigenvalue weighted by Gasteiger charge is 2.34. The van der Waals surface area contributed by atoms with Gasteiger partial charge in [-0.3, -0.25) is 14.8 Å². The van der Waals surface area contributed by atoms with Crippen molar-refractivity contribution < 1.29 is 19.4 Å². The zero-order chi connectivity index (χ0) is 24.9. The number of nitrogens with one attached hydrogen (secondary N) is 1. The Morgan fingerprint density at radius 3 is 2.46 bits per heavy atom. The molecule has 9 nitrogen and oxygen atoms in total. The number of benzene rings is 1. The number of anilines is 1. The lowest BCUT2D eigenvalue weighted by molar-refractivity contribution is -0.124. The molecule has 0 bridgehead atoms. The van der Waals surface area contributed by atoms with E-state index in [0.29, 0.717) is 11.6 Å². The molecule has 0 saturated heterocycles. The molecule has 0 atom stereocenters. The quantitative estimate of drug-likeness (QED) is 0.441. The number of aromatic amines is 1. The summed E-state index contributed by atoms with van der Waals surface area (Å²) < 4.78 is 6.60. The molecular weight excluding hydrogens is 446 g/mol. The normalized spacial score (nSPS) is 18.2. The van der Waals surface area contributed by atoms with Crippen LogP contribution in [0.2, 0.25) is 0 Å². The minimum Gasteiger partial charge on any atom is -0.449 e. The Morgan fingerprint density at radius 1 is 1.14 bits per heavy atom. The summed E-state index contributed by atoms with van der Waals surface area (Å²) in [5.41, 5.74) is 2.51. The predicted octanol–water partition coefficient (Wildman–Crippen LogP) is 5.39. The van der Waals surface area contributed by atoms with E-state index in [9.17, 15) is 14.7 Å². The standard InChI is InChI=1S/C26H31N5O4/c1-17(2)31(25(32)20-9-4-18(3)5-10-20)24-23(35-26(33)34)16-30(29-24)22-12-7-19(8-13-22)6-11-21-14-15-27-28-21/h6-8,11-18,20H,4-5,9-10H2,1-3H3,(H,27,28)(H,33,34)/b11-6+/t18-,20-. The molecule has 3 aromatic rings. The lowest BCUT2D eigenvalue weighted by Gasteiger charge is -2.32. The summed E-state index contributed by atoms with van der Waals surface area (Å²) in [7, 11) is 0. The first-order chi connectivity index (χ1) is 16.8. The third-order valence-corrected chi connectivity index (χ3v) is 6.33. The smallest absolute Gasteiger partial charge is 0.449 e. The zero-order valence-corrected chi connectivity index (χ0v) is 20.2. The van der Waals surface area contributed by atoms with Gasteiger partial charge in [0.15, 0.2) is 5.75 Å². The predicted molar refractivity (Wildman–Crippen MR) is 133 cm³/mol. The van der Waals surface area contributed by atoms with E-state index in [1.165, 1.54) is 6.20 Å². The average molecular weight is 478 g/mol. The van der Waals surface area contributed by atoms with Crippen LogP contribution in [0.15, 0.2) is 42.7 Å². The van der Waals surface area contributed by atoms with Gasteiger partial charge in [-0.05, 0) is 75.3 Å². The Bertz CT molecular complexity index is 1170. The van der Waals surface area contributed by atoms with E-state index in [0.717, 1.165) is 36.9 Å². The second-order valence-electron chi connectivity index (χ2n) is 9.31. The van der Waals surface area contributed by atoms with Gasteiger partial charge in [-0.1, -0.05) is 25.1 Å². The third kappa shape index (κ3) is 5.79. The van der Waals surface area contributed by atoms with E-state index < -0.39 is 6.16 Å². The monoisotopic (exact) mass is 477 g/mol. The minimum absolute atomic E-state index is 0.0335. The van der Waals surface area contributed by atoms with Crippen LogP contribution in [0.5, 0.6) is 5.75 Å². The highest BCUT2D eigenvalue weighted by atomic mass is 16.7. The summed E-state index contributed by atoms with van der Waals surface area (Å²) >= 11 is 0. The largest absolute Gasteiger partial charge is 0.511 e. The topological polar surface area (TPSA) is 113 Å². The lowest BCUT2D eigenvalue weighted by Crippen LogP contribution is -2.42. The molecule has 2 N–H and O–H groups in total. The number of carbonyl (C=O) groups excluding carboxylic acids is 1. The van der Waals surface area contributed by atoms with E-state index in [2.05, 4.69) is 22.2 Å². The summed E-state index contributed by atoms with van der Waals surface area (Å²) in [6, 6.07) is 9.25. The molecule has 0 radical (unpaired) electrons. The fraction of sp³-hybridized carbons (Fsp3) is 0.385. The van der Waals surface area contributed by atoms with Crippen molar-refractivity contribution in [3.8, 4) is 11.4 Å². The van der Waals surface area contributed by atoms with Crippen molar-refractivity contribution in [2.75, 3.05) is 4.90 Å². The summed E-state index contributed by atoms with van der Waals surface area (Å²) in [4.78, 5) is 26.5. The molecule has 0 spiro atoms. The summed E-state index contributed by atoms with van der Waals surface area (Å²) in [6.07, 6.45) is 9.32. The molecular formula is C26H31N5O4. The molecule has 0 aliphatic heterocycles. The van der Waals surface area contributed by atoms with Crippen molar-refractivity contribution in [1.82, 2.24) is 20.0 Å². The lowest BCUT2D eigenvalue weighted by atomic mass is 9.82. The Kier molecular flexibility index (Phi) is 7.33. The maximum absolute atomic E-state index is 13.5. The molecule has 9 heteroatoms. The number of hydrogen-bond acceptors (Lipinski definition) is 5. The third-order valence-electron chi connectivity index (χ3n) is 6.33. The molecule has 1 aliphatic rings. The van der Waals surface area contributed by atoms with Crippen LogP contribution >= 0.6 is 0 Å². The Balaban J connectivity index is 1.62. The molecule has 35 heavy (non-hydrogen) atoms. The van der Waals surface area contributed by atoms with Gasteiger partial charge in [0.2, 0.25) is 11.7 Å². The van der Waals surface area contributed by atoms with Crippen LogP contribution in [0, 0.1) is 11.8 Å². The molecule has 1 amide bonds. The first-order valence-electron chi connectivity index (χ1n) is 11.9. The highest BCUT2D eigenvalue weighted by molar-refractivity contribution is 5.96. The fourth-order valence-electron chi connectivity index (χ4n) is 4.41. The molecule has 1 fully saturated rings. The molecule has 2 heterocycles. The summed E-state index contributed by atoms with van der Waals surface area (Å²) in [5, 5.41) is 20.8. The number of carbonyl (C=O) groups is 2. The van der Waals surface area contributed by atoms with Gasteiger partial charge < -0.3 is 9.84 Å². The van der Waals surface area contributed by atoms with Crippen LogP contribution < -0.4 is 9.64 Å². The summed E-state index contributed by atoms with van der Waals surface area (Å²) in [6.45, 7) is 6.00. The zero-order valence-electron chi connectivity index (χ0n) is 20.2. The number of nitrogens with zero attached hydrogens (tertiary/aromatic N) is 4. The number of amides is 1. The number of H-pyrrole nitrogens is 1. The van der Waals surface area contributed by atoms with Crippen LogP contribution in [0.25, 0.3) is 17.8 Å². The van der Waals surface area contributed by atoms with E-state index in [1.807, 2.05) is 56.3 Å². The van der Waals surface area contributed by atoms with Crippen LogP contribution in [0.1, 0.15) is 57.7 Å². The SMILES string of the molecule is CC(C)N(c1nn(-c2ccc(/C=C/c3cc[nH]n3)cc2)cc1OC(=O)O)C(=O)[C@H]1CC[C@H](C)CC1. The fourth-order valence-corrected chi connectivity index (χ4v) is 4.41. The van der Waals surface area contributed by atoms with Gasteiger partial charge in [0.1, 0.15) is 0 Å². The van der Waals surface area contributed by atoms with Crippen molar-refractivity contribution in [3.63, 3.8) is 0 Å². The number of ether oxygens (including phenoxy) is 1. The minimum atomic E-state index is -1.45. The maximum atomic E-state index is 13.5. The molecule has 2 aromatic heterocycles. The van der Waals surface area contributed by atoms with E-state index in [4.69, 9.17) is 4.74 Å². The first kappa shape index (κ1) is 24.3. The Labute approximate surface area is 204 Å². The van der Waals surface area contributed by atoms with Crippen molar-refractivity contribution in [2.24, 2.45) is 11.8 Å². The molecule has 0 unspecified atom stereocenters. The van der Waals surface area contributed by atoms with Crippen molar-refractivity contribution in [1.29, 1.82) is 0 Å². The second kappa shape index (κ2) is 10.6. The second-order valence-corrected chi connectivity index (χ2v) is 9.31. The molecule has 4 rings (SSSR count). The van der Waals surface area contributed by atoms with Crippen molar-refractivity contribution in [3.05, 3.63) is 54.0 Å². The van der Waals surface area contributed by atoms with Crippen LogP contribution in [-0.2, 0) is 4.79 Å². The van der Waals surface area contributed by atoms with Crippen molar-refractivity contribution in [2.45, 2.75) is 52.5 Å². The van der Waals surface area contributed by atoms with Gasteiger partial charge in [0, 0.05) is 18.2 Å². The van der Waals surface area contributed by atoms with Gasteiger partial charge in [-0.2, -0.15) is 5.10 Å². The van der Waals surface area contributed by atoms with Crippen LogP contribution in [0.3, 0.4) is 0 Å². The summed E-state index contributed by atoms with van der Waals surface area (Å²) in [5.74, 6) is 0.733. The van der Waals surface area contributed by atoms with Gasteiger partial charge >= 0.3 is 6.16 Å². The Morgan fingerprint density at radius 2 is 1.86 bits per heavy atom. The van der Waals surface area contributed by atoms with E-state index in [1.54, 1.807) is 15.8 Å². The molecule has 1 aromatic carbocycles. The van der Waals surface area contributed by atoms with Gasteiger partial charge in [0.05, 0.1) is 17.6 Å². The number of hydrogen-bond donors (Lipinski definition) is 2.